The van der Waals surface area contributed by atoms with Crippen LogP contribution >= 0.6 is 11.6 Å². The fourth-order valence-electron chi connectivity index (χ4n) is 3.28. The second kappa shape index (κ2) is 10.6. The first-order valence-corrected chi connectivity index (χ1v) is 12.6. The van der Waals surface area contributed by atoms with Crippen LogP contribution in [0, 0.1) is 5.92 Å². The predicted molar refractivity (Wildman–Crippen MR) is 130 cm³/mol. The number of rotatable bonds is 10. The first-order valence-electron chi connectivity index (χ1n) is 10.8. The van der Waals surface area contributed by atoms with Crippen molar-refractivity contribution in [2.24, 2.45) is 5.92 Å². The van der Waals surface area contributed by atoms with Crippen molar-refractivity contribution in [2.75, 3.05) is 14.1 Å². The molecule has 0 fully saturated rings. The van der Waals surface area contributed by atoms with Crippen LogP contribution in [-0.4, -0.2) is 53.1 Å². The van der Waals surface area contributed by atoms with Crippen LogP contribution in [0.2, 0.25) is 5.02 Å². The van der Waals surface area contributed by atoms with Crippen LogP contribution in [0.4, 0.5) is 0 Å². The third-order valence-electron chi connectivity index (χ3n) is 5.13. The number of hydrogen-bond donors (Lipinski definition) is 0. The fraction of sp³-hybridized carbons (Fsp3) is 0.333. The van der Waals surface area contributed by atoms with Crippen molar-refractivity contribution in [3.8, 4) is 5.69 Å². The summed E-state index contributed by atoms with van der Waals surface area (Å²) in [7, 11) is -0.772. The molecule has 0 aliphatic rings. The Bertz CT molecular complexity index is 1320. The molecule has 2 aromatic heterocycles. The molecule has 0 saturated carbocycles. The summed E-state index contributed by atoms with van der Waals surface area (Å²) in [5.74, 6) is -0.0177. The van der Waals surface area contributed by atoms with E-state index in [4.69, 9.17) is 11.6 Å². The lowest BCUT2D eigenvalue weighted by Gasteiger charge is -2.13. The van der Waals surface area contributed by atoms with E-state index in [2.05, 4.69) is 10.1 Å². The normalized spacial score (nSPS) is 11.9. The number of sulfonamides is 1. The van der Waals surface area contributed by atoms with Gasteiger partial charge in [0.2, 0.25) is 10.0 Å². The lowest BCUT2D eigenvalue weighted by atomic mass is 10.0. The first-order chi connectivity index (χ1) is 16.0. The molecule has 8 nitrogen and oxygen atoms in total. The summed E-state index contributed by atoms with van der Waals surface area (Å²) in [6.07, 6.45) is 4.43. The molecular weight excluding hydrogens is 476 g/mol. The molecule has 0 atom stereocenters. The third kappa shape index (κ3) is 5.97. The number of halogens is 1. The van der Waals surface area contributed by atoms with E-state index in [-0.39, 0.29) is 39.5 Å². The molecule has 3 rings (SSSR count). The number of carbonyl (C=O) groups excluding carboxylic acids is 2. The van der Waals surface area contributed by atoms with Gasteiger partial charge in [0, 0.05) is 33.1 Å². The van der Waals surface area contributed by atoms with E-state index in [9.17, 15) is 18.0 Å². The van der Waals surface area contributed by atoms with Crippen LogP contribution in [0.1, 0.15) is 53.2 Å². The molecule has 1 aromatic carbocycles. The summed E-state index contributed by atoms with van der Waals surface area (Å²) in [5, 5.41) is 4.39. The van der Waals surface area contributed by atoms with Gasteiger partial charge in [-0.3, -0.25) is 9.59 Å². The average molecular weight is 503 g/mol. The first kappa shape index (κ1) is 25.7. The van der Waals surface area contributed by atoms with Gasteiger partial charge < -0.3 is 0 Å². The summed E-state index contributed by atoms with van der Waals surface area (Å²) in [5.41, 5.74) is 2.00. The smallest absolute Gasteiger partial charge is 0.244 e. The van der Waals surface area contributed by atoms with Gasteiger partial charge in [-0.05, 0) is 48.2 Å². The highest BCUT2D eigenvalue weighted by atomic mass is 35.5. The van der Waals surface area contributed by atoms with Gasteiger partial charge in [-0.15, -0.1) is 0 Å². The number of ketones is 2. The Morgan fingerprint density at radius 2 is 1.76 bits per heavy atom. The average Bonchev–Trinajstić information content (AvgIpc) is 3.26. The maximum atomic E-state index is 12.6. The van der Waals surface area contributed by atoms with Crippen molar-refractivity contribution in [3.05, 3.63) is 70.8 Å². The minimum absolute atomic E-state index is 0.0162. The Kier molecular flexibility index (Phi) is 8.01. The van der Waals surface area contributed by atoms with E-state index in [0.29, 0.717) is 24.2 Å². The molecule has 2 heterocycles. The summed E-state index contributed by atoms with van der Waals surface area (Å²) >= 11 is 6.23. The van der Waals surface area contributed by atoms with E-state index in [1.807, 2.05) is 13.8 Å². The van der Waals surface area contributed by atoms with Crippen molar-refractivity contribution < 1.29 is 18.0 Å². The molecular formula is C24H27ClN4O4S. The SMILES string of the molecule is CC(C)CC(=O)c1cccc(C(=O)CCc2cnn(-c3ccc(S(=O)(=O)N(C)C)c(Cl)c3)c2)n1. The van der Waals surface area contributed by atoms with Crippen LogP contribution in [0.5, 0.6) is 0 Å². The topological polar surface area (TPSA) is 102 Å². The third-order valence-corrected chi connectivity index (χ3v) is 7.43. The van der Waals surface area contributed by atoms with Crippen LogP contribution in [0.25, 0.3) is 5.69 Å². The molecule has 0 spiro atoms. The summed E-state index contributed by atoms with van der Waals surface area (Å²) in [6, 6.07) is 9.51. The number of nitrogens with zero attached hydrogens (tertiary/aromatic N) is 4. The Labute approximate surface area is 204 Å². The van der Waals surface area contributed by atoms with Gasteiger partial charge >= 0.3 is 0 Å². The van der Waals surface area contributed by atoms with Gasteiger partial charge in [0.25, 0.3) is 0 Å². The molecule has 0 radical (unpaired) electrons. The molecule has 0 N–H and O–H groups in total. The highest BCUT2D eigenvalue weighted by Crippen LogP contribution is 2.26. The van der Waals surface area contributed by atoms with Crippen molar-refractivity contribution in [2.45, 2.75) is 38.0 Å². The maximum Gasteiger partial charge on any atom is 0.244 e. The second-order valence-corrected chi connectivity index (χ2v) is 11.1. The highest BCUT2D eigenvalue weighted by molar-refractivity contribution is 7.89. The van der Waals surface area contributed by atoms with Crippen molar-refractivity contribution in [1.29, 1.82) is 0 Å². The van der Waals surface area contributed by atoms with Crippen LogP contribution in [-0.2, 0) is 16.4 Å². The molecule has 180 valence electrons. The van der Waals surface area contributed by atoms with E-state index in [1.54, 1.807) is 41.3 Å². The van der Waals surface area contributed by atoms with Gasteiger partial charge in [-0.25, -0.2) is 22.4 Å². The number of Topliss-reactive ketones (excluding diaryl/α,β-unsaturated/α-hetero) is 2. The van der Waals surface area contributed by atoms with Gasteiger partial charge in [-0.2, -0.15) is 5.10 Å². The zero-order chi connectivity index (χ0) is 25.0. The standard InChI is InChI=1S/C24H27ClN4O4S/c1-16(2)12-23(31)21-7-5-6-20(27-21)22(30)10-8-17-14-26-29(15-17)18-9-11-24(19(25)13-18)34(32,33)28(3)4/h5-7,9,11,13-16H,8,10,12H2,1-4H3. The molecule has 10 heteroatoms. The summed E-state index contributed by atoms with van der Waals surface area (Å²) in [4.78, 5) is 29.2. The van der Waals surface area contributed by atoms with Crippen LogP contribution in [0.15, 0.2) is 53.7 Å². The highest BCUT2D eigenvalue weighted by Gasteiger charge is 2.21. The molecule has 0 aliphatic heterocycles. The molecule has 3 aromatic rings. The number of carbonyl (C=O) groups is 2. The van der Waals surface area contributed by atoms with Gasteiger partial charge in [0.1, 0.15) is 16.3 Å². The molecule has 0 saturated heterocycles. The number of aromatic nitrogens is 3. The Balaban J connectivity index is 1.69. The van der Waals surface area contributed by atoms with Crippen LogP contribution < -0.4 is 0 Å². The van der Waals surface area contributed by atoms with Gasteiger partial charge in [0.15, 0.2) is 11.6 Å². The largest absolute Gasteiger partial charge is 0.292 e. The molecule has 0 bridgehead atoms. The number of aryl methyl sites for hydroxylation is 1. The number of hydrogen-bond acceptors (Lipinski definition) is 6. The lowest BCUT2D eigenvalue weighted by Crippen LogP contribution is -2.22. The zero-order valence-electron chi connectivity index (χ0n) is 19.5. The minimum atomic E-state index is -3.65. The molecule has 34 heavy (non-hydrogen) atoms. The molecule has 0 unspecified atom stereocenters. The van der Waals surface area contributed by atoms with E-state index in [0.717, 1.165) is 9.87 Å². The van der Waals surface area contributed by atoms with E-state index >= 15 is 0 Å². The number of benzene rings is 1. The maximum absolute atomic E-state index is 12.6. The Morgan fingerprint density at radius 1 is 1.09 bits per heavy atom. The minimum Gasteiger partial charge on any atom is -0.292 e. The van der Waals surface area contributed by atoms with Gasteiger partial charge in [-0.1, -0.05) is 31.5 Å². The van der Waals surface area contributed by atoms with Gasteiger partial charge in [0.05, 0.1) is 16.9 Å². The fourth-order valence-corrected chi connectivity index (χ4v) is 4.68. The Hall–Kier alpha value is -2.88. The quantitative estimate of drug-likeness (QED) is 0.385. The Morgan fingerprint density at radius 3 is 2.38 bits per heavy atom. The summed E-state index contributed by atoms with van der Waals surface area (Å²) < 4.78 is 27.3. The van der Waals surface area contributed by atoms with E-state index < -0.39 is 10.0 Å². The zero-order valence-corrected chi connectivity index (χ0v) is 21.1. The lowest BCUT2D eigenvalue weighted by molar-refractivity contribution is 0.0962. The molecule has 0 amide bonds. The van der Waals surface area contributed by atoms with Crippen molar-refractivity contribution in [3.63, 3.8) is 0 Å². The molecule has 0 aliphatic carbocycles. The van der Waals surface area contributed by atoms with Crippen molar-refractivity contribution in [1.82, 2.24) is 19.1 Å². The monoisotopic (exact) mass is 502 g/mol. The summed E-state index contributed by atoms with van der Waals surface area (Å²) in [6.45, 7) is 3.92. The van der Waals surface area contributed by atoms with Crippen molar-refractivity contribution >= 4 is 33.2 Å². The van der Waals surface area contributed by atoms with Crippen LogP contribution in [0.3, 0.4) is 0 Å². The number of pyridine rings is 1. The van der Waals surface area contributed by atoms with E-state index in [1.165, 1.54) is 26.2 Å². The predicted octanol–water partition coefficient (Wildman–Crippen LogP) is 4.22. The second-order valence-electron chi connectivity index (χ2n) is 8.55.